The summed E-state index contributed by atoms with van der Waals surface area (Å²) in [6.45, 7) is 12.9. The molecule has 0 saturated carbocycles. The quantitative estimate of drug-likeness (QED) is 0.163. The first-order valence-corrected chi connectivity index (χ1v) is 16.2. The van der Waals surface area contributed by atoms with Gasteiger partial charge in [0.2, 0.25) is 5.95 Å². The summed E-state index contributed by atoms with van der Waals surface area (Å²) in [5, 5.41) is 24.4. The van der Waals surface area contributed by atoms with E-state index < -0.39 is 0 Å². The van der Waals surface area contributed by atoms with E-state index in [4.69, 9.17) is 4.98 Å². The van der Waals surface area contributed by atoms with Gasteiger partial charge in [-0.2, -0.15) is 10.4 Å². The molecule has 1 aliphatic rings. The molecule has 45 heavy (non-hydrogen) atoms. The van der Waals surface area contributed by atoms with Crippen molar-refractivity contribution in [3.63, 3.8) is 0 Å². The Hall–Kier alpha value is -4.40. The van der Waals surface area contributed by atoms with E-state index in [-0.39, 0.29) is 28.8 Å². The van der Waals surface area contributed by atoms with Crippen LogP contribution in [0.15, 0.2) is 60.3 Å². The number of aromatic nitrogens is 4. The zero-order chi connectivity index (χ0) is 32.1. The molecule has 10 nitrogen and oxygen atoms in total. The predicted octanol–water partition coefficient (Wildman–Crippen LogP) is 6.04. The number of nitrogens with zero attached hydrogens (tertiary/aromatic N) is 6. The minimum atomic E-state index is -0.301. The highest BCUT2D eigenvalue weighted by Gasteiger charge is 2.32. The van der Waals surface area contributed by atoms with E-state index in [0.717, 1.165) is 40.9 Å². The molecule has 1 saturated heterocycles. The van der Waals surface area contributed by atoms with Crippen molar-refractivity contribution >= 4 is 40.1 Å². The minimum absolute atomic E-state index is 0.153. The number of hydrogen-bond acceptors (Lipinski definition) is 8. The topological polar surface area (TPSA) is 129 Å². The van der Waals surface area contributed by atoms with Gasteiger partial charge in [0.25, 0.3) is 11.8 Å². The summed E-state index contributed by atoms with van der Waals surface area (Å²) in [7, 11) is 0. The predicted molar refractivity (Wildman–Crippen MR) is 177 cm³/mol. The Morgan fingerprint density at radius 1 is 1.20 bits per heavy atom. The van der Waals surface area contributed by atoms with Crippen molar-refractivity contribution in [1.29, 1.82) is 5.26 Å². The Morgan fingerprint density at radius 3 is 2.73 bits per heavy atom. The molecule has 1 fully saturated rings. The lowest BCUT2D eigenvalue weighted by atomic mass is 9.93. The fourth-order valence-electron chi connectivity index (χ4n) is 5.50. The van der Waals surface area contributed by atoms with E-state index in [0.29, 0.717) is 42.1 Å². The number of rotatable bonds is 10. The van der Waals surface area contributed by atoms with E-state index in [1.54, 1.807) is 23.2 Å². The van der Waals surface area contributed by atoms with Crippen LogP contribution in [0.2, 0.25) is 0 Å². The number of thiophene rings is 1. The maximum atomic E-state index is 13.5. The van der Waals surface area contributed by atoms with Gasteiger partial charge in [-0.3, -0.25) is 14.9 Å². The normalized spacial score (nSPS) is 15.5. The molecule has 0 radical (unpaired) electrons. The number of nitriles is 1. The third-order valence-corrected chi connectivity index (χ3v) is 8.64. The number of carbonyl (C=O) groups excluding carboxylic acids is 2. The van der Waals surface area contributed by atoms with Crippen LogP contribution in [-0.4, -0.2) is 55.6 Å². The minimum Gasteiger partial charge on any atom is -0.333 e. The molecule has 2 amide bonds. The molecule has 2 N–H and O–H groups in total. The van der Waals surface area contributed by atoms with Crippen LogP contribution in [0, 0.1) is 22.7 Å². The second-order valence-corrected chi connectivity index (χ2v) is 14.0. The Labute approximate surface area is 268 Å². The molecule has 4 heterocycles. The lowest BCUT2D eigenvalue weighted by Gasteiger charge is -2.26. The van der Waals surface area contributed by atoms with E-state index in [9.17, 15) is 14.9 Å². The molecule has 0 aliphatic carbocycles. The molecule has 0 spiro atoms. The molecule has 1 aliphatic heterocycles. The number of hydrogen-bond donors (Lipinski definition) is 2. The number of nitrogens with one attached hydrogen (secondary N) is 2. The van der Waals surface area contributed by atoms with Gasteiger partial charge in [-0.25, -0.2) is 4.98 Å². The average Bonchev–Trinajstić information content (AvgIpc) is 3.75. The molecule has 5 rings (SSSR count). The molecule has 4 aromatic rings. The van der Waals surface area contributed by atoms with Gasteiger partial charge in [-0.05, 0) is 72.7 Å². The van der Waals surface area contributed by atoms with Crippen molar-refractivity contribution in [2.24, 2.45) is 11.3 Å². The van der Waals surface area contributed by atoms with Gasteiger partial charge in [0, 0.05) is 25.8 Å². The summed E-state index contributed by atoms with van der Waals surface area (Å²) in [5.41, 5.74) is 3.30. The van der Waals surface area contributed by atoms with Gasteiger partial charge in [0.1, 0.15) is 17.3 Å². The standard InChI is InChI=1S/C34H40N8O2S/c1-22(2)19-36-20-23-10-11-28-27(16-23)38-33(39-31(43)30-13-12-29(45-30)26-9-6-14-37-40-26)42(28)21-25-8-7-15-41(25)32(44)24(18-35)17-34(3,4)5/h6,9-14,16-17,22,25,36H,7-8,15,19-21H2,1-5H3,(H,38,39,43). The smallest absolute Gasteiger partial charge is 0.268 e. The summed E-state index contributed by atoms with van der Waals surface area (Å²) >= 11 is 1.34. The van der Waals surface area contributed by atoms with Gasteiger partial charge < -0.3 is 14.8 Å². The highest BCUT2D eigenvalue weighted by atomic mass is 32.1. The monoisotopic (exact) mass is 624 g/mol. The van der Waals surface area contributed by atoms with E-state index >= 15 is 0 Å². The number of amides is 2. The fourth-order valence-corrected chi connectivity index (χ4v) is 6.36. The molecular formula is C34H40N8O2S. The molecule has 1 unspecified atom stereocenters. The number of imidazole rings is 1. The first kappa shape index (κ1) is 32.0. The van der Waals surface area contributed by atoms with Crippen LogP contribution in [-0.2, 0) is 17.9 Å². The average molecular weight is 625 g/mol. The molecule has 0 bridgehead atoms. The van der Waals surface area contributed by atoms with Crippen molar-refractivity contribution in [3.8, 4) is 16.6 Å². The zero-order valence-corrected chi connectivity index (χ0v) is 27.3. The first-order valence-electron chi connectivity index (χ1n) is 15.4. The first-order chi connectivity index (χ1) is 21.5. The largest absolute Gasteiger partial charge is 0.333 e. The van der Waals surface area contributed by atoms with Gasteiger partial charge in [-0.15, -0.1) is 16.4 Å². The van der Waals surface area contributed by atoms with Crippen LogP contribution in [0.25, 0.3) is 21.6 Å². The van der Waals surface area contributed by atoms with Crippen LogP contribution in [0.5, 0.6) is 0 Å². The third-order valence-electron chi connectivity index (χ3n) is 7.53. The molecule has 234 valence electrons. The van der Waals surface area contributed by atoms with Gasteiger partial charge in [0.05, 0.1) is 26.8 Å². The van der Waals surface area contributed by atoms with Crippen LogP contribution in [0.4, 0.5) is 5.95 Å². The van der Waals surface area contributed by atoms with E-state index in [1.807, 2.05) is 55.7 Å². The molecule has 3 aromatic heterocycles. The van der Waals surface area contributed by atoms with Crippen LogP contribution in [0.1, 0.15) is 62.7 Å². The number of benzene rings is 1. The summed E-state index contributed by atoms with van der Waals surface area (Å²) in [6.07, 6.45) is 4.98. The summed E-state index contributed by atoms with van der Waals surface area (Å²) in [5.74, 6) is 0.434. The second kappa shape index (κ2) is 13.7. The highest BCUT2D eigenvalue weighted by molar-refractivity contribution is 7.17. The Morgan fingerprint density at radius 2 is 2.02 bits per heavy atom. The highest BCUT2D eigenvalue weighted by Crippen LogP contribution is 2.30. The van der Waals surface area contributed by atoms with Crippen LogP contribution >= 0.6 is 11.3 Å². The number of fused-ring (bicyclic) bond motifs is 1. The third kappa shape index (κ3) is 7.82. The van der Waals surface area contributed by atoms with Crippen LogP contribution in [0.3, 0.4) is 0 Å². The zero-order valence-electron chi connectivity index (χ0n) is 26.5. The van der Waals surface area contributed by atoms with Gasteiger partial charge >= 0.3 is 0 Å². The number of carbonyl (C=O) groups is 2. The van der Waals surface area contributed by atoms with E-state index in [2.05, 4.69) is 46.8 Å². The van der Waals surface area contributed by atoms with E-state index in [1.165, 1.54) is 11.3 Å². The second-order valence-electron chi connectivity index (χ2n) is 13.0. The maximum Gasteiger partial charge on any atom is 0.268 e. The maximum absolute atomic E-state index is 13.5. The summed E-state index contributed by atoms with van der Waals surface area (Å²) in [6, 6.07) is 15.4. The Balaban J connectivity index is 1.45. The number of anilines is 1. The summed E-state index contributed by atoms with van der Waals surface area (Å²) < 4.78 is 1.99. The lowest BCUT2D eigenvalue weighted by Crippen LogP contribution is -2.39. The fraction of sp³-hybridized carbons (Fsp3) is 0.412. The molecule has 1 atom stereocenters. The number of allylic oxidation sites excluding steroid dienone is 1. The Kier molecular flexibility index (Phi) is 9.75. The van der Waals surface area contributed by atoms with Crippen molar-refractivity contribution in [2.75, 3.05) is 18.4 Å². The van der Waals surface area contributed by atoms with Gasteiger partial charge in [0.15, 0.2) is 0 Å². The SMILES string of the molecule is CC(C)CNCc1ccc2c(c1)nc(NC(=O)c1ccc(-c3cccnn3)s1)n2CC1CCCN1C(=O)C(C#N)=CC(C)(C)C. The molecule has 1 aromatic carbocycles. The summed E-state index contributed by atoms with van der Waals surface area (Å²) in [4.78, 5) is 35.1. The van der Waals surface area contributed by atoms with Crippen molar-refractivity contribution < 1.29 is 9.59 Å². The van der Waals surface area contributed by atoms with Crippen molar-refractivity contribution in [3.05, 3.63) is 70.8 Å². The van der Waals surface area contributed by atoms with Crippen LogP contribution < -0.4 is 10.6 Å². The van der Waals surface area contributed by atoms with Gasteiger partial charge in [-0.1, -0.05) is 46.8 Å². The molecule has 11 heteroatoms. The van der Waals surface area contributed by atoms with Crippen molar-refractivity contribution in [2.45, 2.75) is 66.6 Å². The Bertz CT molecular complexity index is 1740. The molecular weight excluding hydrogens is 584 g/mol. The lowest BCUT2D eigenvalue weighted by molar-refractivity contribution is -0.127. The number of likely N-dealkylation sites (tertiary alicyclic amines) is 1. The van der Waals surface area contributed by atoms with Crippen molar-refractivity contribution in [1.82, 2.24) is 30.0 Å².